The van der Waals surface area contributed by atoms with Crippen LogP contribution in [0.5, 0.6) is 0 Å². The summed E-state index contributed by atoms with van der Waals surface area (Å²) in [6.45, 7) is 0.901. The second kappa shape index (κ2) is 7.46. The molecule has 2 rings (SSSR count). The zero-order chi connectivity index (χ0) is 12.8. The Bertz CT molecular complexity index is 220. The summed E-state index contributed by atoms with van der Waals surface area (Å²) >= 11 is 0. The van der Waals surface area contributed by atoms with E-state index in [4.69, 9.17) is 4.74 Å². The first-order valence-electron chi connectivity index (χ1n) is 7.75. The maximum absolute atomic E-state index is 10.2. The van der Waals surface area contributed by atoms with Crippen LogP contribution >= 0.6 is 0 Å². The summed E-state index contributed by atoms with van der Waals surface area (Å²) in [5.41, 5.74) is 0. The fourth-order valence-electron chi connectivity index (χ4n) is 3.39. The number of aliphatic hydroxyl groups excluding tert-OH is 2. The maximum Gasteiger partial charge on any atom is 0.0827 e. The lowest BCUT2D eigenvalue weighted by Gasteiger charge is -2.29. The first-order valence-corrected chi connectivity index (χ1v) is 7.75. The molecule has 3 atom stereocenters. The molecule has 3 nitrogen and oxygen atoms in total. The van der Waals surface area contributed by atoms with E-state index in [1.54, 1.807) is 0 Å². The smallest absolute Gasteiger partial charge is 0.0827 e. The van der Waals surface area contributed by atoms with Crippen molar-refractivity contribution in [3.8, 4) is 0 Å². The van der Waals surface area contributed by atoms with Gasteiger partial charge in [-0.1, -0.05) is 19.3 Å². The van der Waals surface area contributed by atoms with Gasteiger partial charge in [0.1, 0.15) is 0 Å². The molecule has 0 bridgehead atoms. The summed E-state index contributed by atoms with van der Waals surface area (Å²) < 4.78 is 5.57. The van der Waals surface area contributed by atoms with Crippen molar-refractivity contribution < 1.29 is 14.9 Å². The fraction of sp³-hybridized carbons (Fsp3) is 1.00. The summed E-state index contributed by atoms with van der Waals surface area (Å²) in [5.74, 6) is 0.330. The summed E-state index contributed by atoms with van der Waals surface area (Å²) in [7, 11) is 0. The van der Waals surface area contributed by atoms with Crippen molar-refractivity contribution in [2.45, 2.75) is 82.5 Å². The van der Waals surface area contributed by atoms with Crippen LogP contribution in [0.1, 0.15) is 64.2 Å². The Morgan fingerprint density at radius 1 is 1.00 bits per heavy atom. The number of ether oxygens (including phenoxy) is 1. The van der Waals surface area contributed by atoms with Crippen LogP contribution in [0.2, 0.25) is 0 Å². The predicted octanol–water partition coefficient (Wildman–Crippen LogP) is 2.64. The molecule has 1 aliphatic carbocycles. The Hall–Kier alpha value is -0.120. The maximum atomic E-state index is 10.2. The molecule has 0 spiro atoms. The van der Waals surface area contributed by atoms with Crippen LogP contribution in [0.3, 0.4) is 0 Å². The molecule has 1 saturated carbocycles. The van der Waals surface area contributed by atoms with Crippen LogP contribution < -0.4 is 0 Å². The molecular formula is C15H28O3. The van der Waals surface area contributed by atoms with E-state index < -0.39 is 12.2 Å². The number of rotatable bonds is 6. The minimum Gasteiger partial charge on any atom is -0.390 e. The standard InChI is InChI=1S/C15H28O3/c16-14(10-4-8-13-9-5-11-18-13)15(17)12-6-2-1-3-7-12/h12-17H,1-11H2. The van der Waals surface area contributed by atoms with E-state index in [0.29, 0.717) is 12.0 Å². The van der Waals surface area contributed by atoms with Gasteiger partial charge in [-0.2, -0.15) is 0 Å². The first kappa shape index (κ1) is 14.3. The summed E-state index contributed by atoms with van der Waals surface area (Å²) in [4.78, 5) is 0. The quantitative estimate of drug-likeness (QED) is 0.768. The third-order valence-electron chi connectivity index (χ3n) is 4.58. The van der Waals surface area contributed by atoms with Crippen LogP contribution in [-0.4, -0.2) is 35.1 Å². The van der Waals surface area contributed by atoms with Crippen LogP contribution in [0.25, 0.3) is 0 Å². The Labute approximate surface area is 111 Å². The highest BCUT2D eigenvalue weighted by molar-refractivity contribution is 4.79. The molecule has 3 heteroatoms. The fourth-order valence-corrected chi connectivity index (χ4v) is 3.39. The minimum absolute atomic E-state index is 0.330. The summed E-state index contributed by atoms with van der Waals surface area (Å²) in [6, 6.07) is 0. The Balaban J connectivity index is 1.61. The minimum atomic E-state index is -0.533. The first-order chi connectivity index (χ1) is 8.77. The van der Waals surface area contributed by atoms with Crippen molar-refractivity contribution in [1.29, 1.82) is 0 Å². The lowest BCUT2D eigenvalue weighted by Crippen LogP contribution is -2.34. The molecule has 1 aliphatic heterocycles. The highest BCUT2D eigenvalue weighted by Gasteiger charge is 2.27. The van der Waals surface area contributed by atoms with Crippen molar-refractivity contribution in [1.82, 2.24) is 0 Å². The zero-order valence-electron chi connectivity index (χ0n) is 11.4. The van der Waals surface area contributed by atoms with Crippen LogP contribution in [0, 0.1) is 5.92 Å². The van der Waals surface area contributed by atoms with Gasteiger partial charge in [-0.3, -0.25) is 0 Å². The van der Waals surface area contributed by atoms with Gasteiger partial charge in [0.2, 0.25) is 0 Å². The van der Waals surface area contributed by atoms with E-state index in [0.717, 1.165) is 38.7 Å². The van der Waals surface area contributed by atoms with Gasteiger partial charge in [0.15, 0.2) is 0 Å². The topological polar surface area (TPSA) is 49.7 Å². The van der Waals surface area contributed by atoms with Gasteiger partial charge in [-0.05, 0) is 50.9 Å². The average Bonchev–Trinajstić information content (AvgIpc) is 2.92. The molecule has 3 unspecified atom stereocenters. The monoisotopic (exact) mass is 256 g/mol. The third-order valence-corrected chi connectivity index (χ3v) is 4.58. The van der Waals surface area contributed by atoms with Crippen molar-refractivity contribution in [2.75, 3.05) is 6.61 Å². The normalized spacial score (nSPS) is 29.3. The summed E-state index contributed by atoms with van der Waals surface area (Å²) in [5, 5.41) is 20.2. The molecule has 0 amide bonds. The van der Waals surface area contributed by atoms with Gasteiger partial charge < -0.3 is 14.9 Å². The Morgan fingerprint density at radius 2 is 1.78 bits per heavy atom. The van der Waals surface area contributed by atoms with E-state index in [9.17, 15) is 10.2 Å². The molecule has 1 heterocycles. The molecule has 0 aromatic heterocycles. The second-order valence-electron chi connectivity index (χ2n) is 6.02. The molecule has 2 fully saturated rings. The number of aliphatic hydroxyl groups is 2. The van der Waals surface area contributed by atoms with Crippen molar-refractivity contribution in [3.05, 3.63) is 0 Å². The molecule has 2 aliphatic rings. The van der Waals surface area contributed by atoms with Gasteiger partial charge in [0.05, 0.1) is 18.3 Å². The Morgan fingerprint density at radius 3 is 2.44 bits per heavy atom. The molecule has 18 heavy (non-hydrogen) atoms. The molecule has 0 aromatic carbocycles. The Kier molecular flexibility index (Phi) is 5.93. The van der Waals surface area contributed by atoms with Crippen LogP contribution in [0.15, 0.2) is 0 Å². The predicted molar refractivity (Wildman–Crippen MR) is 71.4 cm³/mol. The van der Waals surface area contributed by atoms with E-state index in [-0.39, 0.29) is 0 Å². The van der Waals surface area contributed by atoms with Crippen LogP contribution in [-0.2, 0) is 4.74 Å². The van der Waals surface area contributed by atoms with Gasteiger partial charge in [-0.25, -0.2) is 0 Å². The molecule has 0 aromatic rings. The van der Waals surface area contributed by atoms with E-state index in [1.165, 1.54) is 32.1 Å². The van der Waals surface area contributed by atoms with Crippen molar-refractivity contribution in [2.24, 2.45) is 5.92 Å². The lowest BCUT2D eigenvalue weighted by molar-refractivity contribution is -0.0328. The largest absolute Gasteiger partial charge is 0.390 e. The molecule has 2 N–H and O–H groups in total. The number of hydrogen-bond donors (Lipinski definition) is 2. The van der Waals surface area contributed by atoms with Gasteiger partial charge in [0.25, 0.3) is 0 Å². The average molecular weight is 256 g/mol. The highest BCUT2D eigenvalue weighted by Crippen LogP contribution is 2.29. The van der Waals surface area contributed by atoms with Crippen molar-refractivity contribution >= 4 is 0 Å². The van der Waals surface area contributed by atoms with E-state index in [2.05, 4.69) is 0 Å². The van der Waals surface area contributed by atoms with Gasteiger partial charge in [0, 0.05) is 6.61 Å². The van der Waals surface area contributed by atoms with Crippen molar-refractivity contribution in [3.63, 3.8) is 0 Å². The molecule has 0 radical (unpaired) electrons. The second-order valence-corrected chi connectivity index (χ2v) is 6.02. The third kappa shape index (κ3) is 4.22. The molecule has 1 saturated heterocycles. The van der Waals surface area contributed by atoms with E-state index >= 15 is 0 Å². The van der Waals surface area contributed by atoms with Gasteiger partial charge in [-0.15, -0.1) is 0 Å². The molecule has 106 valence electrons. The van der Waals surface area contributed by atoms with Crippen LogP contribution in [0.4, 0.5) is 0 Å². The van der Waals surface area contributed by atoms with Gasteiger partial charge >= 0.3 is 0 Å². The number of hydrogen-bond acceptors (Lipinski definition) is 3. The SMILES string of the molecule is OC(CCCC1CCCO1)C(O)C1CCCCC1. The zero-order valence-corrected chi connectivity index (χ0v) is 11.4. The highest BCUT2D eigenvalue weighted by atomic mass is 16.5. The lowest BCUT2D eigenvalue weighted by atomic mass is 9.82. The summed E-state index contributed by atoms with van der Waals surface area (Å²) in [6.07, 6.45) is 10.3. The van der Waals surface area contributed by atoms with E-state index in [1.807, 2.05) is 0 Å². The molecular weight excluding hydrogens is 228 g/mol.